The van der Waals surface area contributed by atoms with Crippen molar-refractivity contribution < 1.29 is 14.3 Å². The van der Waals surface area contributed by atoms with Gasteiger partial charge < -0.3 is 4.74 Å². The van der Waals surface area contributed by atoms with Gasteiger partial charge in [0.15, 0.2) is 17.3 Å². The van der Waals surface area contributed by atoms with Crippen LogP contribution in [0.3, 0.4) is 0 Å². The molecule has 2 aromatic carbocycles. The number of halogens is 1. The molecule has 2 aliphatic carbocycles. The predicted molar refractivity (Wildman–Crippen MR) is 132 cm³/mol. The van der Waals surface area contributed by atoms with E-state index >= 15 is 0 Å². The van der Waals surface area contributed by atoms with E-state index in [1.165, 1.54) is 5.56 Å². The highest BCUT2D eigenvalue weighted by Gasteiger charge is 2.40. The van der Waals surface area contributed by atoms with E-state index in [2.05, 4.69) is 17.4 Å². The maximum absolute atomic E-state index is 13.6. The van der Waals surface area contributed by atoms with E-state index in [1.807, 2.05) is 45.9 Å². The molecule has 0 bridgehead atoms. The SMILES string of the molecule is CC(C)NC(C)(C)OC1=C(C2CCC(c3ccc(Cl)cc3)CC2)C(=O)c2ccccc2C1=O. The molecular formula is C28H32ClNO3. The summed E-state index contributed by atoms with van der Waals surface area (Å²) >= 11 is 6.05. The molecule has 1 N–H and O–H groups in total. The first-order valence-corrected chi connectivity index (χ1v) is 12.2. The molecule has 4 nitrogen and oxygen atoms in total. The third kappa shape index (κ3) is 5.07. The summed E-state index contributed by atoms with van der Waals surface area (Å²) in [7, 11) is 0. The summed E-state index contributed by atoms with van der Waals surface area (Å²) in [6.45, 7) is 7.85. The van der Waals surface area contributed by atoms with Crippen molar-refractivity contribution in [3.05, 3.63) is 81.6 Å². The average molecular weight is 466 g/mol. The summed E-state index contributed by atoms with van der Waals surface area (Å²) < 4.78 is 6.30. The summed E-state index contributed by atoms with van der Waals surface area (Å²) in [6.07, 6.45) is 3.60. The first-order chi connectivity index (χ1) is 15.7. The molecule has 5 heteroatoms. The highest BCUT2D eigenvalue weighted by atomic mass is 35.5. The Bertz CT molecular complexity index is 1080. The number of hydrogen-bond donors (Lipinski definition) is 1. The Labute approximate surface area is 201 Å². The molecule has 0 unspecified atom stereocenters. The van der Waals surface area contributed by atoms with E-state index in [0.29, 0.717) is 22.6 Å². The largest absolute Gasteiger partial charge is 0.469 e. The number of carbonyl (C=O) groups is 2. The monoisotopic (exact) mass is 465 g/mol. The van der Waals surface area contributed by atoms with E-state index in [9.17, 15) is 9.59 Å². The molecule has 2 aromatic rings. The number of carbonyl (C=O) groups excluding carboxylic acids is 2. The molecule has 0 spiro atoms. The van der Waals surface area contributed by atoms with Crippen LogP contribution < -0.4 is 5.32 Å². The second kappa shape index (κ2) is 9.44. The number of nitrogens with one attached hydrogen (secondary N) is 1. The summed E-state index contributed by atoms with van der Waals surface area (Å²) in [6, 6.07) is 15.3. The lowest BCUT2D eigenvalue weighted by atomic mass is 9.72. The van der Waals surface area contributed by atoms with Crippen molar-refractivity contribution in [3.8, 4) is 0 Å². The molecule has 0 saturated heterocycles. The molecule has 174 valence electrons. The minimum atomic E-state index is -0.780. The molecule has 0 atom stereocenters. The number of ketones is 2. The van der Waals surface area contributed by atoms with Gasteiger partial charge in [0.1, 0.15) is 0 Å². The standard InChI is InChI=1S/C28H32ClNO3/c1-17(2)30-28(3,4)33-27-24(25(31)22-7-5-6-8-23(22)26(27)32)20-11-9-18(10-12-20)19-13-15-21(29)16-14-19/h5-8,13-18,20,30H,9-12H2,1-4H3. The fraction of sp³-hybridized carbons (Fsp3) is 0.429. The van der Waals surface area contributed by atoms with Crippen molar-refractivity contribution in [2.45, 2.75) is 71.1 Å². The van der Waals surface area contributed by atoms with Gasteiger partial charge in [0.25, 0.3) is 0 Å². The van der Waals surface area contributed by atoms with Crippen LogP contribution in [-0.4, -0.2) is 23.3 Å². The van der Waals surface area contributed by atoms with Crippen molar-refractivity contribution in [1.29, 1.82) is 0 Å². The maximum Gasteiger partial charge on any atom is 0.228 e. The van der Waals surface area contributed by atoms with Gasteiger partial charge in [-0.25, -0.2) is 0 Å². The van der Waals surface area contributed by atoms with E-state index in [-0.39, 0.29) is 29.3 Å². The predicted octanol–water partition coefficient (Wildman–Crippen LogP) is 6.70. The zero-order valence-electron chi connectivity index (χ0n) is 19.8. The van der Waals surface area contributed by atoms with Crippen LogP contribution in [0.1, 0.15) is 85.6 Å². The topological polar surface area (TPSA) is 55.4 Å². The Kier molecular flexibility index (Phi) is 6.78. The van der Waals surface area contributed by atoms with E-state index in [0.717, 1.165) is 30.7 Å². The normalized spacial score (nSPS) is 21.4. The van der Waals surface area contributed by atoms with Crippen LogP contribution in [0.15, 0.2) is 59.9 Å². The Balaban J connectivity index is 1.65. The van der Waals surface area contributed by atoms with Gasteiger partial charge in [-0.2, -0.15) is 0 Å². The zero-order valence-corrected chi connectivity index (χ0v) is 20.5. The number of allylic oxidation sites excluding steroid dienone is 2. The summed E-state index contributed by atoms with van der Waals surface area (Å²) in [5.41, 5.74) is 1.96. The fourth-order valence-electron chi connectivity index (χ4n) is 5.27. The lowest BCUT2D eigenvalue weighted by Gasteiger charge is -2.36. The number of Topliss-reactive ketones (excluding diaryl/α,β-unsaturated/α-hetero) is 2. The van der Waals surface area contributed by atoms with Crippen LogP contribution in [0, 0.1) is 5.92 Å². The van der Waals surface area contributed by atoms with Gasteiger partial charge in [-0.1, -0.05) is 48.0 Å². The highest BCUT2D eigenvalue weighted by Crippen LogP contribution is 2.43. The molecule has 0 radical (unpaired) electrons. The smallest absolute Gasteiger partial charge is 0.228 e. The second-order valence-electron chi connectivity index (χ2n) is 9.96. The zero-order chi connectivity index (χ0) is 23.8. The van der Waals surface area contributed by atoms with E-state index < -0.39 is 5.72 Å². The number of fused-ring (bicyclic) bond motifs is 1. The number of benzene rings is 2. The molecule has 0 amide bonds. The van der Waals surface area contributed by atoms with Crippen molar-refractivity contribution >= 4 is 23.2 Å². The van der Waals surface area contributed by atoms with E-state index in [1.54, 1.807) is 18.2 Å². The summed E-state index contributed by atoms with van der Waals surface area (Å²) in [5, 5.41) is 4.09. The van der Waals surface area contributed by atoms with Crippen molar-refractivity contribution in [2.24, 2.45) is 5.92 Å². The number of rotatable bonds is 6. The van der Waals surface area contributed by atoms with Gasteiger partial charge in [0.2, 0.25) is 5.78 Å². The lowest BCUT2D eigenvalue weighted by Crippen LogP contribution is -2.47. The maximum atomic E-state index is 13.6. The van der Waals surface area contributed by atoms with Crippen LogP contribution >= 0.6 is 11.6 Å². The molecule has 0 heterocycles. The van der Waals surface area contributed by atoms with Crippen LogP contribution in [0.25, 0.3) is 0 Å². The Morgan fingerprint density at radius 3 is 2.00 bits per heavy atom. The molecule has 1 saturated carbocycles. The first-order valence-electron chi connectivity index (χ1n) is 11.8. The Morgan fingerprint density at radius 1 is 0.879 bits per heavy atom. The number of ether oxygens (including phenoxy) is 1. The Hall–Kier alpha value is -2.43. The minimum absolute atomic E-state index is 0.00297. The molecule has 4 rings (SSSR count). The van der Waals surface area contributed by atoms with Gasteiger partial charge in [0.05, 0.1) is 0 Å². The third-order valence-electron chi connectivity index (χ3n) is 6.58. The van der Waals surface area contributed by atoms with E-state index in [4.69, 9.17) is 16.3 Å². The lowest BCUT2D eigenvalue weighted by molar-refractivity contribution is -0.00521. The minimum Gasteiger partial charge on any atom is -0.469 e. The van der Waals surface area contributed by atoms with Gasteiger partial charge in [-0.3, -0.25) is 14.9 Å². The van der Waals surface area contributed by atoms with Crippen LogP contribution in [0.2, 0.25) is 5.02 Å². The Morgan fingerprint density at radius 2 is 1.42 bits per heavy atom. The number of hydrogen-bond acceptors (Lipinski definition) is 4. The first kappa shape index (κ1) is 23.7. The second-order valence-corrected chi connectivity index (χ2v) is 10.4. The van der Waals surface area contributed by atoms with Gasteiger partial charge in [-0.15, -0.1) is 0 Å². The third-order valence-corrected chi connectivity index (χ3v) is 6.83. The molecule has 33 heavy (non-hydrogen) atoms. The molecule has 0 aromatic heterocycles. The fourth-order valence-corrected chi connectivity index (χ4v) is 5.40. The average Bonchev–Trinajstić information content (AvgIpc) is 2.77. The van der Waals surface area contributed by atoms with Gasteiger partial charge in [0, 0.05) is 27.8 Å². The van der Waals surface area contributed by atoms with Crippen molar-refractivity contribution in [1.82, 2.24) is 5.32 Å². The highest BCUT2D eigenvalue weighted by molar-refractivity contribution is 6.30. The van der Waals surface area contributed by atoms with Crippen molar-refractivity contribution in [3.63, 3.8) is 0 Å². The molecule has 2 aliphatic rings. The molecule has 0 aliphatic heterocycles. The van der Waals surface area contributed by atoms with Crippen LogP contribution in [-0.2, 0) is 4.74 Å². The summed E-state index contributed by atoms with van der Waals surface area (Å²) in [5.74, 6) is 0.383. The molecule has 1 fully saturated rings. The van der Waals surface area contributed by atoms with Crippen LogP contribution in [0.4, 0.5) is 0 Å². The quantitative estimate of drug-likeness (QED) is 0.482. The van der Waals surface area contributed by atoms with Gasteiger partial charge in [-0.05, 0) is 82.9 Å². The van der Waals surface area contributed by atoms with Crippen LogP contribution in [0.5, 0.6) is 0 Å². The summed E-state index contributed by atoms with van der Waals surface area (Å²) in [4.78, 5) is 27.2. The molecular weight excluding hydrogens is 434 g/mol. The van der Waals surface area contributed by atoms with Gasteiger partial charge >= 0.3 is 0 Å². The van der Waals surface area contributed by atoms with Crippen molar-refractivity contribution in [2.75, 3.05) is 0 Å².